The summed E-state index contributed by atoms with van der Waals surface area (Å²) in [5.74, 6) is 1.89. The molecule has 5 rings (SSSR count). The van der Waals surface area contributed by atoms with Crippen molar-refractivity contribution in [2.24, 2.45) is 17.8 Å². The van der Waals surface area contributed by atoms with E-state index in [4.69, 9.17) is 4.98 Å². The van der Waals surface area contributed by atoms with Crippen LogP contribution < -0.4 is 5.32 Å². The third-order valence-electron chi connectivity index (χ3n) is 7.22. The molecule has 3 aromatic heterocycles. The van der Waals surface area contributed by atoms with Crippen LogP contribution in [0.4, 0.5) is 5.82 Å². The van der Waals surface area contributed by atoms with Crippen molar-refractivity contribution in [2.75, 3.05) is 5.32 Å². The molecule has 2 aliphatic rings. The van der Waals surface area contributed by atoms with Crippen molar-refractivity contribution >= 4 is 34.3 Å². The number of carboxylic acids is 1. The molecule has 3 aromatic rings. The Hall–Kier alpha value is -2.55. The van der Waals surface area contributed by atoms with Crippen molar-refractivity contribution in [3.8, 4) is 10.8 Å². The molecule has 2 aliphatic carbocycles. The van der Waals surface area contributed by atoms with Gasteiger partial charge in [-0.3, -0.25) is 0 Å². The van der Waals surface area contributed by atoms with Gasteiger partial charge in [0.2, 0.25) is 5.82 Å². The van der Waals surface area contributed by atoms with Crippen LogP contribution in [-0.2, 0) is 6.54 Å². The fourth-order valence-electron chi connectivity index (χ4n) is 4.95. The number of hydrogen-bond acceptors (Lipinski definition) is 7. The summed E-state index contributed by atoms with van der Waals surface area (Å²) in [5.41, 5.74) is 1.22. The Balaban J connectivity index is 1.61. The lowest BCUT2D eigenvalue weighted by Crippen LogP contribution is -2.31. The number of rotatable bonds is 7. The van der Waals surface area contributed by atoms with Crippen molar-refractivity contribution in [3.63, 3.8) is 0 Å². The molecule has 9 heteroatoms. The zero-order valence-corrected chi connectivity index (χ0v) is 19.4. The Morgan fingerprint density at radius 1 is 1.22 bits per heavy atom. The number of fused-ring (bicyclic) bond motifs is 1. The summed E-state index contributed by atoms with van der Waals surface area (Å²) >= 11 is 1.54. The first-order valence-electron chi connectivity index (χ1n) is 11.7. The molecule has 170 valence electrons. The fraction of sp³-hybridized carbons (Fsp3) is 0.609. The quantitative estimate of drug-likeness (QED) is 0.513. The lowest BCUT2D eigenvalue weighted by Gasteiger charge is -2.32. The highest BCUT2D eigenvalue weighted by Gasteiger charge is 2.29. The Morgan fingerprint density at radius 2 is 2.00 bits per heavy atom. The minimum Gasteiger partial charge on any atom is -0.475 e. The Bertz CT molecular complexity index is 1100. The molecule has 2 saturated carbocycles. The van der Waals surface area contributed by atoms with Gasteiger partial charge < -0.3 is 15.0 Å². The van der Waals surface area contributed by atoms with E-state index in [1.807, 2.05) is 5.38 Å². The van der Waals surface area contributed by atoms with E-state index in [2.05, 4.69) is 38.7 Å². The zero-order chi connectivity index (χ0) is 22.2. The summed E-state index contributed by atoms with van der Waals surface area (Å²) in [6.07, 6.45) is 10.3. The molecule has 0 radical (unpaired) electrons. The van der Waals surface area contributed by atoms with Crippen LogP contribution in [0.25, 0.3) is 22.0 Å². The average Bonchev–Trinajstić information content (AvgIpc) is 3.36. The first-order chi connectivity index (χ1) is 15.5. The topological polar surface area (TPSA) is 106 Å². The van der Waals surface area contributed by atoms with Crippen molar-refractivity contribution in [2.45, 2.75) is 71.4 Å². The predicted molar refractivity (Wildman–Crippen MR) is 125 cm³/mol. The zero-order valence-electron chi connectivity index (χ0n) is 18.6. The summed E-state index contributed by atoms with van der Waals surface area (Å²) in [4.78, 5) is 29.8. The Kier molecular flexibility index (Phi) is 5.84. The number of hydrogen-bond donors (Lipinski definition) is 2. The van der Waals surface area contributed by atoms with Gasteiger partial charge in [0.25, 0.3) is 0 Å². The van der Waals surface area contributed by atoms with Gasteiger partial charge in [-0.05, 0) is 50.4 Å². The number of nitrogens with one attached hydrogen (secondary N) is 1. The smallest absolute Gasteiger partial charge is 0.374 e. The van der Waals surface area contributed by atoms with Crippen molar-refractivity contribution < 1.29 is 9.90 Å². The summed E-state index contributed by atoms with van der Waals surface area (Å²) in [6.45, 7) is 5.30. The Morgan fingerprint density at radius 3 is 2.62 bits per heavy atom. The molecule has 3 heterocycles. The maximum absolute atomic E-state index is 11.8. The molecule has 2 N–H and O–H groups in total. The van der Waals surface area contributed by atoms with E-state index in [1.54, 1.807) is 6.20 Å². The van der Waals surface area contributed by atoms with Crippen LogP contribution in [0.3, 0.4) is 0 Å². The number of carbonyl (C=O) groups is 1. The number of carboxylic acid groups (broad SMARTS) is 1. The van der Waals surface area contributed by atoms with Gasteiger partial charge in [0.15, 0.2) is 22.3 Å². The number of anilines is 1. The maximum Gasteiger partial charge on any atom is 0.374 e. The van der Waals surface area contributed by atoms with E-state index in [0.29, 0.717) is 23.3 Å². The van der Waals surface area contributed by atoms with E-state index in [9.17, 15) is 9.90 Å². The van der Waals surface area contributed by atoms with Gasteiger partial charge >= 0.3 is 5.97 Å². The van der Waals surface area contributed by atoms with Crippen LogP contribution in [0.5, 0.6) is 0 Å². The highest BCUT2D eigenvalue weighted by molar-refractivity contribution is 7.13. The molecular formula is C23H30N6O2S. The van der Waals surface area contributed by atoms with E-state index < -0.39 is 5.97 Å². The van der Waals surface area contributed by atoms with Gasteiger partial charge in [-0.2, -0.15) is 0 Å². The summed E-state index contributed by atoms with van der Waals surface area (Å²) < 4.78 is 2.19. The summed E-state index contributed by atoms with van der Waals surface area (Å²) in [5, 5.41) is 15.9. The van der Waals surface area contributed by atoms with Gasteiger partial charge in [0.05, 0.1) is 0 Å². The SMILES string of the molecule is C[C@@H](Nc1nc(C(=O)O)nc2nc(-c3nccs3)n(C[C@H]3CC[C@H](C)CC3)c12)C1CCC1. The first-order valence-corrected chi connectivity index (χ1v) is 12.6. The average molecular weight is 455 g/mol. The van der Waals surface area contributed by atoms with Crippen LogP contribution in [0.2, 0.25) is 0 Å². The number of imidazole rings is 1. The van der Waals surface area contributed by atoms with Crippen LogP contribution in [0, 0.1) is 17.8 Å². The standard InChI is InChI=1S/C23H30N6O2S/c1-13-6-8-15(9-7-13)12-29-17-18(25-14(2)16-4-3-5-16)26-20(23(30)31)27-19(17)28-21(29)22-24-10-11-32-22/h10-11,13-16H,3-9,12H2,1-2H3,(H,30,31)(H,25,26,27)/t13-,14-,15-/m1/s1. The van der Waals surface area contributed by atoms with Crippen LogP contribution in [0.1, 0.15) is 69.4 Å². The predicted octanol–water partition coefficient (Wildman–Crippen LogP) is 5.07. The fourth-order valence-corrected chi connectivity index (χ4v) is 5.58. The second-order valence-corrected chi connectivity index (χ2v) is 10.4. The van der Waals surface area contributed by atoms with E-state index in [0.717, 1.165) is 28.8 Å². The van der Waals surface area contributed by atoms with Gasteiger partial charge in [0, 0.05) is 24.2 Å². The number of nitrogens with zero attached hydrogens (tertiary/aromatic N) is 5. The van der Waals surface area contributed by atoms with E-state index in [-0.39, 0.29) is 11.9 Å². The maximum atomic E-state index is 11.8. The molecular weight excluding hydrogens is 424 g/mol. The van der Waals surface area contributed by atoms with E-state index >= 15 is 0 Å². The van der Waals surface area contributed by atoms with Crippen molar-refractivity contribution in [1.29, 1.82) is 0 Å². The molecule has 0 aliphatic heterocycles. The molecule has 8 nitrogen and oxygen atoms in total. The molecule has 0 saturated heterocycles. The molecule has 0 bridgehead atoms. The number of aromatic carboxylic acids is 1. The lowest BCUT2D eigenvalue weighted by molar-refractivity contribution is 0.0684. The van der Waals surface area contributed by atoms with Crippen LogP contribution in [0.15, 0.2) is 11.6 Å². The first kappa shape index (κ1) is 21.3. The molecule has 0 spiro atoms. The van der Waals surface area contributed by atoms with Crippen LogP contribution >= 0.6 is 11.3 Å². The molecule has 0 amide bonds. The normalized spacial score (nSPS) is 22.6. The molecule has 0 unspecified atom stereocenters. The molecule has 2 fully saturated rings. The second-order valence-electron chi connectivity index (χ2n) is 9.51. The largest absolute Gasteiger partial charge is 0.475 e. The van der Waals surface area contributed by atoms with Crippen molar-refractivity contribution in [3.05, 3.63) is 17.4 Å². The molecule has 0 aromatic carbocycles. The lowest BCUT2D eigenvalue weighted by atomic mass is 9.80. The van der Waals surface area contributed by atoms with Gasteiger partial charge in [-0.1, -0.05) is 26.2 Å². The van der Waals surface area contributed by atoms with E-state index in [1.165, 1.54) is 56.3 Å². The third-order valence-corrected chi connectivity index (χ3v) is 7.98. The van der Waals surface area contributed by atoms with Crippen molar-refractivity contribution in [1.82, 2.24) is 24.5 Å². The molecule has 32 heavy (non-hydrogen) atoms. The number of thiazole rings is 1. The monoisotopic (exact) mass is 454 g/mol. The van der Waals surface area contributed by atoms with Gasteiger partial charge in [0.1, 0.15) is 5.52 Å². The summed E-state index contributed by atoms with van der Waals surface area (Å²) in [6, 6.07) is 0.214. The summed E-state index contributed by atoms with van der Waals surface area (Å²) in [7, 11) is 0. The highest BCUT2D eigenvalue weighted by Crippen LogP contribution is 2.36. The van der Waals surface area contributed by atoms with Gasteiger partial charge in [-0.25, -0.2) is 24.7 Å². The molecule has 1 atom stereocenters. The minimum atomic E-state index is -1.14. The van der Waals surface area contributed by atoms with Crippen LogP contribution in [-0.4, -0.2) is 41.6 Å². The number of aromatic nitrogens is 5. The van der Waals surface area contributed by atoms with Gasteiger partial charge in [-0.15, -0.1) is 11.3 Å². The second kappa shape index (κ2) is 8.77. The third kappa shape index (κ3) is 4.10. The Labute approximate surface area is 191 Å². The minimum absolute atomic E-state index is 0.214. The highest BCUT2D eigenvalue weighted by atomic mass is 32.1.